The maximum atomic E-state index is 13.3. The normalized spacial score (nSPS) is 14.9. The average molecular weight is 473 g/mol. The first kappa shape index (κ1) is 24.5. The minimum absolute atomic E-state index is 0.0542. The molecule has 4 rings (SSSR count). The van der Waals surface area contributed by atoms with E-state index in [0.29, 0.717) is 18.8 Å². The lowest BCUT2D eigenvalue weighted by atomic mass is 10.1. The molecule has 0 radical (unpaired) electrons. The molecule has 6 nitrogen and oxygen atoms in total. The molecule has 6 heteroatoms. The molecule has 2 amide bonds. The van der Waals surface area contributed by atoms with Gasteiger partial charge in [-0.15, -0.1) is 0 Å². The zero-order valence-electron chi connectivity index (χ0n) is 20.1. The van der Waals surface area contributed by atoms with Crippen LogP contribution in [0.3, 0.4) is 0 Å². The fourth-order valence-corrected chi connectivity index (χ4v) is 4.05. The highest BCUT2D eigenvalue weighted by molar-refractivity contribution is 5.94. The summed E-state index contributed by atoms with van der Waals surface area (Å²) in [6, 6.07) is 25.0. The largest absolute Gasteiger partial charge is 0.484 e. The Bertz CT molecular complexity index is 1110. The smallest absolute Gasteiger partial charge is 0.265 e. The molecule has 182 valence electrons. The Balaban J connectivity index is 1.46. The molecule has 1 atom stereocenters. The summed E-state index contributed by atoms with van der Waals surface area (Å²) in [5.41, 5.74) is 3.76. The highest BCUT2D eigenvalue weighted by atomic mass is 16.5. The molecule has 1 heterocycles. The van der Waals surface area contributed by atoms with Crippen LogP contribution in [-0.4, -0.2) is 37.7 Å². The molecule has 1 saturated heterocycles. The van der Waals surface area contributed by atoms with E-state index in [-0.39, 0.29) is 30.9 Å². The third-order valence-electron chi connectivity index (χ3n) is 6.01. The van der Waals surface area contributed by atoms with Crippen LogP contribution in [0.2, 0.25) is 0 Å². The molecule has 1 N–H and O–H groups in total. The van der Waals surface area contributed by atoms with Gasteiger partial charge in [-0.05, 0) is 55.2 Å². The Morgan fingerprint density at radius 3 is 2.54 bits per heavy atom. The van der Waals surface area contributed by atoms with Crippen LogP contribution in [0, 0.1) is 6.92 Å². The van der Waals surface area contributed by atoms with Crippen LogP contribution in [0.15, 0.2) is 78.9 Å². The predicted octanol–water partition coefficient (Wildman–Crippen LogP) is 4.44. The van der Waals surface area contributed by atoms with E-state index in [9.17, 15) is 9.59 Å². The number of hydrogen-bond donors (Lipinski definition) is 1. The van der Waals surface area contributed by atoms with E-state index in [2.05, 4.69) is 5.32 Å². The van der Waals surface area contributed by atoms with Crippen molar-refractivity contribution in [1.82, 2.24) is 5.32 Å². The van der Waals surface area contributed by atoms with Crippen LogP contribution < -0.4 is 15.0 Å². The quantitative estimate of drug-likeness (QED) is 0.474. The number of ether oxygens (including phenoxy) is 2. The second-order valence-electron chi connectivity index (χ2n) is 8.85. The summed E-state index contributed by atoms with van der Waals surface area (Å²) in [6.45, 7) is 3.66. The van der Waals surface area contributed by atoms with E-state index in [1.54, 1.807) is 4.90 Å². The first-order chi connectivity index (χ1) is 17.1. The Morgan fingerprint density at radius 2 is 1.80 bits per heavy atom. The topological polar surface area (TPSA) is 67.9 Å². The van der Waals surface area contributed by atoms with Crippen LogP contribution in [0.4, 0.5) is 5.69 Å². The second-order valence-corrected chi connectivity index (χ2v) is 8.85. The number of benzene rings is 3. The molecule has 0 aromatic heterocycles. The van der Waals surface area contributed by atoms with E-state index in [1.807, 2.05) is 85.8 Å². The Kier molecular flexibility index (Phi) is 8.52. The van der Waals surface area contributed by atoms with E-state index in [4.69, 9.17) is 9.47 Å². The number of rotatable bonds is 10. The summed E-state index contributed by atoms with van der Waals surface area (Å²) in [4.78, 5) is 27.5. The minimum Gasteiger partial charge on any atom is -0.484 e. The van der Waals surface area contributed by atoms with Crippen molar-refractivity contribution >= 4 is 17.5 Å². The van der Waals surface area contributed by atoms with Crippen molar-refractivity contribution < 1.29 is 19.1 Å². The number of carbonyl (C=O) groups is 2. The first-order valence-corrected chi connectivity index (χ1v) is 12.1. The van der Waals surface area contributed by atoms with Gasteiger partial charge in [-0.3, -0.25) is 9.59 Å². The van der Waals surface area contributed by atoms with Gasteiger partial charge >= 0.3 is 0 Å². The Morgan fingerprint density at radius 1 is 1.00 bits per heavy atom. The zero-order chi connectivity index (χ0) is 24.5. The maximum Gasteiger partial charge on any atom is 0.265 e. The number of carbonyl (C=O) groups excluding carboxylic acids is 2. The van der Waals surface area contributed by atoms with Crippen LogP contribution >= 0.6 is 0 Å². The number of anilines is 1. The molecule has 0 bridgehead atoms. The monoisotopic (exact) mass is 472 g/mol. The number of para-hydroxylation sites is 1. The number of nitrogens with zero attached hydrogens (tertiary/aromatic N) is 1. The summed E-state index contributed by atoms with van der Waals surface area (Å²) in [6.07, 6.45) is 2.38. The molecular formula is C29H32N2O4. The van der Waals surface area contributed by atoms with Gasteiger partial charge in [0.1, 0.15) is 5.75 Å². The van der Waals surface area contributed by atoms with Crippen molar-refractivity contribution in [2.24, 2.45) is 0 Å². The number of nitrogens with one attached hydrogen (secondary N) is 1. The minimum atomic E-state index is -0.158. The lowest BCUT2D eigenvalue weighted by Crippen LogP contribution is -2.35. The Labute approximate surface area is 206 Å². The highest BCUT2D eigenvalue weighted by Crippen LogP contribution is 2.21. The third kappa shape index (κ3) is 7.42. The summed E-state index contributed by atoms with van der Waals surface area (Å²) in [7, 11) is 0. The molecular weight excluding hydrogens is 440 g/mol. The predicted molar refractivity (Wildman–Crippen MR) is 136 cm³/mol. The summed E-state index contributed by atoms with van der Waals surface area (Å²) >= 11 is 0. The van der Waals surface area contributed by atoms with Gasteiger partial charge in [0.2, 0.25) is 5.91 Å². The fraction of sp³-hybridized carbons (Fsp3) is 0.310. The van der Waals surface area contributed by atoms with Crippen LogP contribution in [0.1, 0.15) is 29.5 Å². The molecule has 35 heavy (non-hydrogen) atoms. The van der Waals surface area contributed by atoms with Gasteiger partial charge < -0.3 is 19.7 Å². The highest BCUT2D eigenvalue weighted by Gasteiger charge is 2.19. The summed E-state index contributed by atoms with van der Waals surface area (Å²) < 4.78 is 11.3. The van der Waals surface area contributed by atoms with Crippen LogP contribution in [0.25, 0.3) is 0 Å². The van der Waals surface area contributed by atoms with Crippen molar-refractivity contribution in [3.63, 3.8) is 0 Å². The van der Waals surface area contributed by atoms with E-state index >= 15 is 0 Å². The third-order valence-corrected chi connectivity index (χ3v) is 6.01. The molecule has 1 fully saturated rings. The van der Waals surface area contributed by atoms with Crippen molar-refractivity contribution in [3.8, 4) is 5.75 Å². The van der Waals surface area contributed by atoms with E-state index < -0.39 is 0 Å². The van der Waals surface area contributed by atoms with Crippen molar-refractivity contribution in [3.05, 3.63) is 95.6 Å². The van der Waals surface area contributed by atoms with Gasteiger partial charge in [0.25, 0.3) is 5.91 Å². The fourth-order valence-electron chi connectivity index (χ4n) is 4.05. The molecule has 3 aromatic rings. The van der Waals surface area contributed by atoms with Gasteiger partial charge in [0.05, 0.1) is 19.1 Å². The standard InChI is InChI=1S/C29H32N2O4/c1-22-12-14-23(15-13-22)20-31(29(33)21-35-26-9-3-2-4-10-26)25-8-5-7-24(17-25)18-28(32)30-19-27-11-6-16-34-27/h2-5,7-10,12-15,17,27H,6,11,16,18-21H2,1H3,(H,30,32)/t27-/m1/s1. The number of hydrogen-bond acceptors (Lipinski definition) is 4. The maximum absolute atomic E-state index is 13.3. The lowest BCUT2D eigenvalue weighted by molar-refractivity contribution is -0.121. The van der Waals surface area contributed by atoms with Gasteiger partial charge in [0, 0.05) is 18.8 Å². The summed E-state index contributed by atoms with van der Waals surface area (Å²) in [5.74, 6) is 0.434. The van der Waals surface area contributed by atoms with Crippen LogP contribution in [0.5, 0.6) is 5.75 Å². The van der Waals surface area contributed by atoms with Gasteiger partial charge in [-0.1, -0.05) is 60.2 Å². The Hall–Kier alpha value is -3.64. The van der Waals surface area contributed by atoms with Crippen LogP contribution in [-0.2, 0) is 27.3 Å². The molecule has 0 saturated carbocycles. The zero-order valence-corrected chi connectivity index (χ0v) is 20.1. The number of amides is 2. The number of aryl methyl sites for hydroxylation is 1. The average Bonchev–Trinajstić information content (AvgIpc) is 3.40. The van der Waals surface area contributed by atoms with Gasteiger partial charge in [0.15, 0.2) is 6.61 Å². The van der Waals surface area contributed by atoms with Crippen molar-refractivity contribution in [2.45, 2.75) is 38.8 Å². The molecule has 0 unspecified atom stereocenters. The molecule has 1 aliphatic rings. The summed E-state index contributed by atoms with van der Waals surface area (Å²) in [5, 5.41) is 2.96. The molecule has 0 spiro atoms. The van der Waals surface area contributed by atoms with Crippen molar-refractivity contribution in [2.75, 3.05) is 24.7 Å². The molecule has 0 aliphatic carbocycles. The van der Waals surface area contributed by atoms with Crippen molar-refractivity contribution in [1.29, 1.82) is 0 Å². The SMILES string of the molecule is Cc1ccc(CN(C(=O)COc2ccccc2)c2cccc(CC(=O)NC[C@H]3CCCO3)c2)cc1. The molecule has 3 aromatic carbocycles. The van der Waals surface area contributed by atoms with Gasteiger partial charge in [-0.25, -0.2) is 0 Å². The second kappa shape index (κ2) is 12.2. The lowest BCUT2D eigenvalue weighted by Gasteiger charge is -2.24. The van der Waals surface area contributed by atoms with E-state index in [1.165, 1.54) is 0 Å². The first-order valence-electron chi connectivity index (χ1n) is 12.1. The van der Waals surface area contributed by atoms with E-state index in [0.717, 1.165) is 41.8 Å². The molecule has 1 aliphatic heterocycles. The van der Waals surface area contributed by atoms with Gasteiger partial charge in [-0.2, -0.15) is 0 Å².